The van der Waals surface area contributed by atoms with Crippen LogP contribution in [-0.2, 0) is 14.3 Å². The predicted molar refractivity (Wildman–Crippen MR) is 136 cm³/mol. The lowest BCUT2D eigenvalue weighted by molar-refractivity contribution is -0.154. The Hall–Kier alpha value is -3.70. The van der Waals surface area contributed by atoms with Crippen molar-refractivity contribution in [1.29, 1.82) is 5.41 Å². The van der Waals surface area contributed by atoms with Gasteiger partial charge in [0.15, 0.2) is 5.76 Å². The van der Waals surface area contributed by atoms with Gasteiger partial charge in [-0.05, 0) is 57.2 Å². The van der Waals surface area contributed by atoms with Crippen LogP contribution in [-0.4, -0.2) is 91.1 Å². The molecule has 4 rings (SSSR count). The maximum atomic E-state index is 12.5. The second-order valence-corrected chi connectivity index (χ2v) is 9.47. The van der Waals surface area contributed by atoms with Crippen molar-refractivity contribution in [3.63, 3.8) is 0 Å². The van der Waals surface area contributed by atoms with Gasteiger partial charge in [0.1, 0.15) is 18.0 Å². The number of furan rings is 1. The molecule has 2 fully saturated rings. The van der Waals surface area contributed by atoms with Crippen LogP contribution in [0.25, 0.3) is 0 Å². The quantitative estimate of drug-likeness (QED) is 0.314. The summed E-state index contributed by atoms with van der Waals surface area (Å²) in [4.78, 5) is 42.8. The maximum Gasteiger partial charge on any atom is 0.414 e. The lowest BCUT2D eigenvalue weighted by Gasteiger charge is -2.37. The largest absolute Gasteiger partial charge is 0.462 e. The number of benzene rings is 1. The van der Waals surface area contributed by atoms with Crippen LogP contribution < -0.4 is 10.2 Å². The Morgan fingerprint density at radius 1 is 1.11 bits per heavy atom. The molecule has 1 aromatic carbocycles. The number of hydrogen-bond donors (Lipinski definition) is 2. The van der Waals surface area contributed by atoms with Crippen LogP contribution in [0.3, 0.4) is 0 Å². The number of amidine groups is 1. The minimum atomic E-state index is -0.504. The van der Waals surface area contributed by atoms with Crippen LogP contribution in [0.4, 0.5) is 10.5 Å². The Balaban J connectivity index is 1.25. The van der Waals surface area contributed by atoms with E-state index in [-0.39, 0.29) is 35.8 Å². The molecule has 2 atom stereocenters. The topological polar surface area (TPSA) is 128 Å². The van der Waals surface area contributed by atoms with E-state index in [0.29, 0.717) is 24.3 Å². The molecule has 0 bridgehead atoms. The average molecular weight is 512 g/mol. The van der Waals surface area contributed by atoms with Gasteiger partial charge < -0.3 is 19.2 Å². The van der Waals surface area contributed by atoms with Crippen molar-refractivity contribution >= 4 is 29.5 Å². The number of nitrogens with one attached hydrogen (secondary N) is 2. The van der Waals surface area contributed by atoms with Gasteiger partial charge in [-0.1, -0.05) is 0 Å². The SMILES string of the molecule is CC(C)OC(=O)C(C)N1CCN(CC2CN(c3ccc(C(=N)NC(=O)c4ccco4)cc3)C(=O)O2)CC1. The Morgan fingerprint density at radius 3 is 2.43 bits per heavy atom. The van der Waals surface area contributed by atoms with Crippen molar-refractivity contribution in [1.82, 2.24) is 15.1 Å². The first-order chi connectivity index (χ1) is 17.7. The molecule has 2 aromatic rings. The van der Waals surface area contributed by atoms with E-state index >= 15 is 0 Å². The summed E-state index contributed by atoms with van der Waals surface area (Å²) >= 11 is 0. The van der Waals surface area contributed by atoms with Crippen molar-refractivity contribution in [2.24, 2.45) is 0 Å². The van der Waals surface area contributed by atoms with Gasteiger partial charge in [0.25, 0.3) is 5.91 Å². The van der Waals surface area contributed by atoms with Gasteiger partial charge in [0, 0.05) is 44.0 Å². The lowest BCUT2D eigenvalue weighted by Crippen LogP contribution is -2.53. The number of cyclic esters (lactones) is 1. The number of rotatable bonds is 8. The van der Waals surface area contributed by atoms with Crippen molar-refractivity contribution in [2.45, 2.75) is 39.0 Å². The van der Waals surface area contributed by atoms with Crippen LogP contribution in [0.15, 0.2) is 47.1 Å². The molecule has 2 unspecified atom stereocenters. The third-order valence-corrected chi connectivity index (χ3v) is 6.43. The molecular formula is C26H33N5O6. The first kappa shape index (κ1) is 26.4. The Labute approximate surface area is 215 Å². The third kappa shape index (κ3) is 6.55. The summed E-state index contributed by atoms with van der Waals surface area (Å²) in [6.07, 6.45) is 0.575. The van der Waals surface area contributed by atoms with Gasteiger partial charge in [0.2, 0.25) is 0 Å². The number of carbonyl (C=O) groups excluding carboxylic acids is 3. The molecule has 11 heteroatoms. The number of anilines is 1. The predicted octanol–water partition coefficient (Wildman–Crippen LogP) is 2.32. The van der Waals surface area contributed by atoms with Crippen molar-refractivity contribution in [3.05, 3.63) is 54.0 Å². The molecule has 37 heavy (non-hydrogen) atoms. The summed E-state index contributed by atoms with van der Waals surface area (Å²) in [6.45, 7) is 9.61. The molecule has 198 valence electrons. The summed E-state index contributed by atoms with van der Waals surface area (Å²) in [5.41, 5.74) is 1.15. The van der Waals surface area contributed by atoms with Crippen LogP contribution in [0.2, 0.25) is 0 Å². The third-order valence-electron chi connectivity index (χ3n) is 6.43. The standard InChI is InChI=1S/C26H33N5O6/c1-17(2)36-25(33)18(3)30-12-10-29(11-13-30)15-21-16-31(26(34)37-21)20-8-6-19(7-9-20)23(27)28-24(32)22-5-4-14-35-22/h4-9,14,17-18,21H,10-13,15-16H2,1-3H3,(H2,27,28,32). The van der Waals surface area contributed by atoms with Gasteiger partial charge in [0.05, 0.1) is 18.9 Å². The Bertz CT molecular complexity index is 1110. The number of nitrogens with zero attached hydrogens (tertiary/aromatic N) is 3. The summed E-state index contributed by atoms with van der Waals surface area (Å²) in [6, 6.07) is 9.63. The van der Waals surface area contributed by atoms with Gasteiger partial charge in [-0.25, -0.2) is 4.79 Å². The molecular weight excluding hydrogens is 478 g/mol. The highest BCUT2D eigenvalue weighted by molar-refractivity contribution is 6.10. The molecule has 2 N–H and O–H groups in total. The Kier molecular flexibility index (Phi) is 8.24. The lowest BCUT2D eigenvalue weighted by atomic mass is 10.1. The number of amides is 2. The number of hydrogen-bond acceptors (Lipinski definition) is 9. The number of carbonyl (C=O) groups is 3. The fourth-order valence-corrected chi connectivity index (χ4v) is 4.39. The molecule has 2 aliphatic heterocycles. The van der Waals surface area contributed by atoms with Crippen LogP contribution >= 0.6 is 0 Å². The van der Waals surface area contributed by atoms with E-state index in [2.05, 4.69) is 15.1 Å². The number of esters is 1. The van der Waals surface area contributed by atoms with E-state index < -0.39 is 12.0 Å². The fourth-order valence-electron chi connectivity index (χ4n) is 4.39. The Morgan fingerprint density at radius 2 is 1.81 bits per heavy atom. The number of ether oxygens (including phenoxy) is 2. The molecule has 2 saturated heterocycles. The second kappa shape index (κ2) is 11.6. The molecule has 0 spiro atoms. The van der Waals surface area contributed by atoms with E-state index in [1.165, 1.54) is 12.3 Å². The average Bonchev–Trinajstić information content (AvgIpc) is 3.54. The van der Waals surface area contributed by atoms with Gasteiger partial charge in [-0.2, -0.15) is 0 Å². The maximum absolute atomic E-state index is 12.5. The minimum Gasteiger partial charge on any atom is -0.462 e. The van der Waals surface area contributed by atoms with E-state index in [1.807, 2.05) is 20.8 Å². The van der Waals surface area contributed by atoms with Gasteiger partial charge >= 0.3 is 12.1 Å². The van der Waals surface area contributed by atoms with E-state index in [9.17, 15) is 14.4 Å². The van der Waals surface area contributed by atoms with Crippen molar-refractivity contribution in [2.75, 3.05) is 44.2 Å². The zero-order chi connectivity index (χ0) is 26.5. The molecule has 11 nitrogen and oxygen atoms in total. The molecule has 0 radical (unpaired) electrons. The van der Waals surface area contributed by atoms with Crippen molar-refractivity contribution < 1.29 is 28.3 Å². The first-order valence-corrected chi connectivity index (χ1v) is 12.4. The summed E-state index contributed by atoms with van der Waals surface area (Å²) in [5.74, 6) is -0.654. The monoisotopic (exact) mass is 511 g/mol. The molecule has 0 saturated carbocycles. The summed E-state index contributed by atoms with van der Waals surface area (Å²) < 4.78 is 16.0. The van der Waals surface area contributed by atoms with E-state index in [4.69, 9.17) is 19.3 Å². The highest BCUT2D eigenvalue weighted by Gasteiger charge is 2.35. The smallest absolute Gasteiger partial charge is 0.414 e. The highest BCUT2D eigenvalue weighted by atomic mass is 16.6. The van der Waals surface area contributed by atoms with E-state index in [1.54, 1.807) is 35.2 Å². The highest BCUT2D eigenvalue weighted by Crippen LogP contribution is 2.23. The van der Waals surface area contributed by atoms with Crippen LogP contribution in [0.1, 0.15) is 36.9 Å². The zero-order valence-corrected chi connectivity index (χ0v) is 21.3. The second-order valence-electron chi connectivity index (χ2n) is 9.47. The zero-order valence-electron chi connectivity index (χ0n) is 21.3. The normalized spacial score (nSPS) is 19.5. The van der Waals surface area contributed by atoms with E-state index in [0.717, 1.165) is 26.2 Å². The van der Waals surface area contributed by atoms with Gasteiger partial charge in [-0.15, -0.1) is 0 Å². The van der Waals surface area contributed by atoms with Gasteiger partial charge in [-0.3, -0.25) is 29.7 Å². The summed E-state index contributed by atoms with van der Waals surface area (Å²) in [7, 11) is 0. The molecule has 3 heterocycles. The van der Waals surface area contributed by atoms with Crippen LogP contribution in [0, 0.1) is 5.41 Å². The molecule has 2 aliphatic rings. The molecule has 2 amide bonds. The molecule has 1 aromatic heterocycles. The molecule has 0 aliphatic carbocycles. The van der Waals surface area contributed by atoms with Crippen molar-refractivity contribution in [3.8, 4) is 0 Å². The summed E-state index contributed by atoms with van der Waals surface area (Å²) in [5, 5.41) is 10.6. The first-order valence-electron chi connectivity index (χ1n) is 12.4. The minimum absolute atomic E-state index is 0.0687. The number of piperazine rings is 1. The van der Waals surface area contributed by atoms with Crippen LogP contribution in [0.5, 0.6) is 0 Å². The fraction of sp³-hybridized carbons (Fsp3) is 0.462.